The minimum Gasteiger partial charge on any atom is -0.462 e. The van der Waals surface area contributed by atoms with Gasteiger partial charge in [-0.25, -0.2) is 0 Å². The maximum absolute atomic E-state index is 12.7. The Kier molecular flexibility index (Phi) is 42.7. The van der Waals surface area contributed by atoms with E-state index < -0.39 is 6.10 Å². The largest absolute Gasteiger partial charge is 0.462 e. The Morgan fingerprint density at radius 1 is 0.368 bits per heavy atom. The number of ether oxygens (including phenoxy) is 3. The third kappa shape index (κ3) is 43.8. The second-order valence-corrected chi connectivity index (χ2v) is 18.2. The van der Waals surface area contributed by atoms with Crippen molar-refractivity contribution in [3.8, 4) is 0 Å². The number of rotatable bonds is 45. The summed E-state index contributed by atoms with van der Waals surface area (Å²) in [4.78, 5) is 37.8. The number of hydrogen-bond donors (Lipinski definition) is 0. The van der Waals surface area contributed by atoms with Crippen molar-refractivity contribution in [3.63, 3.8) is 0 Å². The molecule has 0 heterocycles. The SMILES string of the molecule is CCCCCCCCCCCCCCCCCCCCC(=O)OC[C@H](COC(=O)CCCCCCCCCCC(C)CC)OC(=O)CCCCCCCCC(C)C. The van der Waals surface area contributed by atoms with Crippen LogP contribution in [0, 0.1) is 11.8 Å². The molecule has 6 heteroatoms. The first-order valence-electron chi connectivity index (χ1n) is 25.3. The molecule has 0 fully saturated rings. The Morgan fingerprint density at radius 3 is 1.00 bits per heavy atom. The fourth-order valence-corrected chi connectivity index (χ4v) is 7.60. The fourth-order valence-electron chi connectivity index (χ4n) is 7.60. The van der Waals surface area contributed by atoms with Gasteiger partial charge in [-0.1, -0.05) is 240 Å². The molecule has 0 aliphatic heterocycles. The summed E-state index contributed by atoms with van der Waals surface area (Å²) in [6, 6.07) is 0. The summed E-state index contributed by atoms with van der Waals surface area (Å²) in [6.07, 6.45) is 43.9. The first-order valence-corrected chi connectivity index (χ1v) is 25.3. The average molecular weight is 807 g/mol. The van der Waals surface area contributed by atoms with Gasteiger partial charge in [0.2, 0.25) is 0 Å². The van der Waals surface area contributed by atoms with E-state index in [1.54, 1.807) is 0 Å². The van der Waals surface area contributed by atoms with Gasteiger partial charge in [0.1, 0.15) is 13.2 Å². The van der Waals surface area contributed by atoms with Gasteiger partial charge in [-0.15, -0.1) is 0 Å². The fraction of sp³-hybridized carbons (Fsp3) is 0.941. The molecule has 0 spiro atoms. The summed E-state index contributed by atoms with van der Waals surface area (Å²) in [5.74, 6) is 0.749. The quantitative estimate of drug-likeness (QED) is 0.0346. The monoisotopic (exact) mass is 807 g/mol. The van der Waals surface area contributed by atoms with Crippen LogP contribution in [-0.2, 0) is 28.6 Å². The van der Waals surface area contributed by atoms with Crippen LogP contribution in [0.3, 0.4) is 0 Å². The van der Waals surface area contributed by atoms with Gasteiger partial charge in [-0.2, -0.15) is 0 Å². The van der Waals surface area contributed by atoms with Crippen LogP contribution in [-0.4, -0.2) is 37.2 Å². The lowest BCUT2D eigenvalue weighted by Gasteiger charge is -2.18. The van der Waals surface area contributed by atoms with E-state index in [9.17, 15) is 14.4 Å². The third-order valence-corrected chi connectivity index (χ3v) is 11.8. The van der Waals surface area contributed by atoms with E-state index >= 15 is 0 Å². The molecule has 0 aromatic carbocycles. The van der Waals surface area contributed by atoms with Crippen LogP contribution in [0.25, 0.3) is 0 Å². The van der Waals surface area contributed by atoms with Gasteiger partial charge in [0.25, 0.3) is 0 Å². The molecule has 0 N–H and O–H groups in total. The van der Waals surface area contributed by atoms with Gasteiger partial charge >= 0.3 is 17.9 Å². The second kappa shape index (κ2) is 44.0. The minimum absolute atomic E-state index is 0.0654. The summed E-state index contributed by atoms with van der Waals surface area (Å²) in [6.45, 7) is 11.3. The van der Waals surface area contributed by atoms with Gasteiger partial charge < -0.3 is 14.2 Å². The summed E-state index contributed by atoms with van der Waals surface area (Å²) in [5, 5.41) is 0. The normalized spacial score (nSPS) is 12.5. The standard InChI is InChI=1S/C51H98O6/c1-6-8-9-10-11-12-13-14-15-16-17-18-19-20-21-25-31-36-41-49(52)55-44-48(57-51(54)43-38-33-28-27-29-34-39-46(3)4)45-56-50(53)42-37-32-26-23-22-24-30-35-40-47(5)7-2/h46-48H,6-45H2,1-5H3/t47?,48-/m1/s1. The lowest BCUT2D eigenvalue weighted by atomic mass is 9.99. The molecule has 0 aliphatic carbocycles. The van der Waals surface area contributed by atoms with Gasteiger partial charge in [-0.3, -0.25) is 14.4 Å². The summed E-state index contributed by atoms with van der Waals surface area (Å²) >= 11 is 0. The van der Waals surface area contributed by atoms with Crippen LogP contribution in [0.15, 0.2) is 0 Å². The van der Waals surface area contributed by atoms with E-state index in [1.165, 1.54) is 167 Å². The van der Waals surface area contributed by atoms with E-state index in [0.717, 1.165) is 69.6 Å². The van der Waals surface area contributed by atoms with Crippen molar-refractivity contribution in [3.05, 3.63) is 0 Å². The molecule has 0 aromatic rings. The third-order valence-electron chi connectivity index (χ3n) is 11.8. The van der Waals surface area contributed by atoms with Gasteiger partial charge in [0, 0.05) is 19.3 Å². The molecular formula is C51H98O6. The Labute approximate surface area is 355 Å². The first kappa shape index (κ1) is 55.4. The average Bonchev–Trinajstić information content (AvgIpc) is 3.19. The number of carbonyl (C=O) groups excluding carboxylic acids is 3. The molecule has 0 aromatic heterocycles. The van der Waals surface area contributed by atoms with E-state index in [4.69, 9.17) is 14.2 Å². The molecule has 0 radical (unpaired) electrons. The van der Waals surface area contributed by atoms with Crippen LogP contribution < -0.4 is 0 Å². The molecule has 1 unspecified atom stereocenters. The Bertz CT molecular complexity index is 872. The highest BCUT2D eigenvalue weighted by Crippen LogP contribution is 2.17. The molecule has 0 bridgehead atoms. The summed E-state index contributed by atoms with van der Waals surface area (Å²) in [7, 11) is 0. The van der Waals surface area contributed by atoms with Crippen molar-refractivity contribution in [1.82, 2.24) is 0 Å². The molecule has 2 atom stereocenters. The number of carbonyl (C=O) groups is 3. The predicted molar refractivity (Wildman–Crippen MR) is 243 cm³/mol. The minimum atomic E-state index is -0.762. The Hall–Kier alpha value is -1.59. The highest BCUT2D eigenvalue weighted by molar-refractivity contribution is 5.71. The zero-order valence-corrected chi connectivity index (χ0v) is 39.0. The molecule has 0 amide bonds. The van der Waals surface area contributed by atoms with E-state index in [1.807, 2.05) is 0 Å². The zero-order chi connectivity index (χ0) is 41.9. The second-order valence-electron chi connectivity index (χ2n) is 18.2. The van der Waals surface area contributed by atoms with Crippen molar-refractivity contribution >= 4 is 17.9 Å². The predicted octanol–water partition coefficient (Wildman–Crippen LogP) is 16.1. The van der Waals surface area contributed by atoms with Gasteiger partial charge in [0.15, 0.2) is 6.10 Å². The van der Waals surface area contributed by atoms with Gasteiger partial charge in [0.05, 0.1) is 0 Å². The first-order chi connectivity index (χ1) is 27.8. The Balaban J connectivity index is 4.23. The lowest BCUT2D eigenvalue weighted by molar-refractivity contribution is -0.167. The molecule has 0 aliphatic rings. The Morgan fingerprint density at radius 2 is 0.667 bits per heavy atom. The molecule has 6 nitrogen and oxygen atoms in total. The zero-order valence-electron chi connectivity index (χ0n) is 39.0. The lowest BCUT2D eigenvalue weighted by Crippen LogP contribution is -2.30. The van der Waals surface area contributed by atoms with E-state index in [-0.39, 0.29) is 31.1 Å². The van der Waals surface area contributed by atoms with Crippen molar-refractivity contribution in [1.29, 1.82) is 0 Å². The number of hydrogen-bond acceptors (Lipinski definition) is 6. The number of unbranched alkanes of at least 4 members (excludes halogenated alkanes) is 29. The smallest absolute Gasteiger partial charge is 0.306 e. The van der Waals surface area contributed by atoms with E-state index in [2.05, 4.69) is 34.6 Å². The van der Waals surface area contributed by atoms with Crippen molar-refractivity contribution in [2.75, 3.05) is 13.2 Å². The molecule has 0 saturated carbocycles. The van der Waals surface area contributed by atoms with Crippen molar-refractivity contribution < 1.29 is 28.6 Å². The van der Waals surface area contributed by atoms with Crippen LogP contribution in [0.2, 0.25) is 0 Å². The molecule has 338 valence electrons. The van der Waals surface area contributed by atoms with Crippen molar-refractivity contribution in [2.45, 2.75) is 285 Å². The highest BCUT2D eigenvalue weighted by Gasteiger charge is 2.19. The van der Waals surface area contributed by atoms with Crippen LogP contribution in [0.4, 0.5) is 0 Å². The van der Waals surface area contributed by atoms with Crippen molar-refractivity contribution in [2.24, 2.45) is 11.8 Å². The molecular weight excluding hydrogens is 709 g/mol. The molecule has 57 heavy (non-hydrogen) atoms. The summed E-state index contributed by atoms with van der Waals surface area (Å²) in [5.41, 5.74) is 0. The van der Waals surface area contributed by atoms with Gasteiger partial charge in [-0.05, 0) is 31.1 Å². The van der Waals surface area contributed by atoms with E-state index in [0.29, 0.717) is 19.3 Å². The number of esters is 3. The highest BCUT2D eigenvalue weighted by atomic mass is 16.6. The topological polar surface area (TPSA) is 78.9 Å². The maximum atomic E-state index is 12.7. The van der Waals surface area contributed by atoms with Crippen LogP contribution in [0.1, 0.15) is 279 Å². The maximum Gasteiger partial charge on any atom is 0.306 e. The van der Waals surface area contributed by atoms with Crippen LogP contribution >= 0.6 is 0 Å². The summed E-state index contributed by atoms with van der Waals surface area (Å²) < 4.78 is 16.8. The molecule has 0 rings (SSSR count). The van der Waals surface area contributed by atoms with Crippen LogP contribution in [0.5, 0.6) is 0 Å². The molecule has 0 saturated heterocycles.